The maximum absolute atomic E-state index is 14.2. The molecule has 10 atom stereocenters. The van der Waals surface area contributed by atoms with E-state index >= 15 is 0 Å². The number of esters is 6. The van der Waals surface area contributed by atoms with Crippen LogP contribution in [0.2, 0.25) is 0 Å². The number of hydrogen-bond acceptors (Lipinski definition) is 17. The van der Waals surface area contributed by atoms with Crippen LogP contribution >= 0.6 is 0 Å². The van der Waals surface area contributed by atoms with Crippen LogP contribution in [0, 0.1) is 0 Å². The zero-order valence-corrected chi connectivity index (χ0v) is 39.5. The Morgan fingerprint density at radius 3 is 1.28 bits per heavy atom. The summed E-state index contributed by atoms with van der Waals surface area (Å²) < 4.78 is 55.4. The molecule has 1 amide bonds. The Labute approximate surface area is 424 Å². The highest BCUT2D eigenvalue weighted by atomic mass is 16.8. The summed E-state index contributed by atoms with van der Waals surface area (Å²) in [6.07, 6.45) is -16.0. The predicted octanol–water partition coefficient (Wildman–Crippen LogP) is 5.93. The molecule has 380 valence electrons. The fourth-order valence-electron chi connectivity index (χ4n) is 8.12. The van der Waals surface area contributed by atoms with E-state index in [1.165, 1.54) is 72.8 Å². The average Bonchev–Trinajstić information content (AvgIpc) is 3.76. The minimum Gasteiger partial charge on any atom is -0.459 e. The minimum absolute atomic E-state index is 0.0295. The third kappa shape index (κ3) is 13.1. The quantitative estimate of drug-likeness (QED) is 0.0749. The number of rotatable bonds is 18. The van der Waals surface area contributed by atoms with Gasteiger partial charge in [0.15, 0.2) is 37.0 Å². The first-order chi connectivity index (χ1) is 35.9. The smallest absolute Gasteiger partial charge is 0.338 e. The Balaban J connectivity index is 1.24. The number of amides is 1. The average molecular weight is 1010 g/mol. The number of hydrogen-bond donors (Lipinski definition) is 2. The molecule has 0 unspecified atom stereocenters. The van der Waals surface area contributed by atoms with Crippen molar-refractivity contribution in [3.63, 3.8) is 0 Å². The lowest BCUT2D eigenvalue weighted by Gasteiger charge is -2.45. The SMILES string of the molecule is CC(=O)N[C@@H]1[C@@H](OC(=O)c2ccccc2)[C@H](O[C@@H]2O[C@@H]([C@@H](COC(=O)c3ccccc3)OC(=O)c3ccccc3)[C@H](OC(=O)c3ccccc3)[C@H]2OC(=O)c2ccccc2)[C@@H](COC(=O)c2ccccc2)O[C@@H]1O. The molecular formula is C56H49NO17. The van der Waals surface area contributed by atoms with E-state index in [0.29, 0.717) is 0 Å². The monoisotopic (exact) mass is 1010 g/mol. The lowest BCUT2D eigenvalue weighted by molar-refractivity contribution is -0.299. The second-order valence-corrected chi connectivity index (χ2v) is 16.8. The minimum atomic E-state index is -1.95. The second-order valence-electron chi connectivity index (χ2n) is 16.8. The summed E-state index contributed by atoms with van der Waals surface area (Å²) in [6.45, 7) is -0.282. The maximum Gasteiger partial charge on any atom is 0.338 e. The van der Waals surface area contributed by atoms with Crippen LogP contribution in [0.25, 0.3) is 0 Å². The second kappa shape index (κ2) is 24.7. The number of benzene rings is 6. The largest absolute Gasteiger partial charge is 0.459 e. The molecule has 6 aromatic rings. The zero-order valence-electron chi connectivity index (χ0n) is 39.5. The van der Waals surface area contributed by atoms with Crippen molar-refractivity contribution in [3.8, 4) is 0 Å². The first kappa shape index (κ1) is 51.8. The Morgan fingerprint density at radius 2 is 0.851 bits per heavy atom. The van der Waals surface area contributed by atoms with Gasteiger partial charge in [-0.2, -0.15) is 0 Å². The van der Waals surface area contributed by atoms with E-state index < -0.39 is 116 Å². The summed E-state index contributed by atoms with van der Waals surface area (Å²) in [7, 11) is 0. The number of carbonyl (C=O) groups is 7. The molecule has 8 rings (SSSR count). The van der Waals surface area contributed by atoms with Crippen molar-refractivity contribution in [3.05, 3.63) is 215 Å². The van der Waals surface area contributed by atoms with Gasteiger partial charge in [-0.05, 0) is 72.8 Å². The summed E-state index contributed by atoms with van der Waals surface area (Å²) in [6, 6.07) is 45.2. The molecule has 2 fully saturated rings. The van der Waals surface area contributed by atoms with Crippen LogP contribution in [-0.4, -0.2) is 121 Å². The van der Waals surface area contributed by atoms with Gasteiger partial charge in [0, 0.05) is 6.92 Å². The van der Waals surface area contributed by atoms with Crippen molar-refractivity contribution >= 4 is 41.7 Å². The van der Waals surface area contributed by atoms with Gasteiger partial charge in [0.2, 0.25) is 5.91 Å². The molecule has 2 saturated heterocycles. The first-order valence-electron chi connectivity index (χ1n) is 23.3. The van der Waals surface area contributed by atoms with Crippen LogP contribution in [0.1, 0.15) is 69.1 Å². The van der Waals surface area contributed by atoms with Crippen molar-refractivity contribution in [2.24, 2.45) is 0 Å². The maximum atomic E-state index is 14.2. The predicted molar refractivity (Wildman–Crippen MR) is 258 cm³/mol. The van der Waals surface area contributed by atoms with Gasteiger partial charge in [-0.15, -0.1) is 0 Å². The van der Waals surface area contributed by atoms with Crippen molar-refractivity contribution < 1.29 is 81.3 Å². The van der Waals surface area contributed by atoms with E-state index in [1.807, 2.05) is 0 Å². The Kier molecular flexibility index (Phi) is 17.3. The van der Waals surface area contributed by atoms with E-state index in [2.05, 4.69) is 5.32 Å². The topological polar surface area (TPSA) is 235 Å². The molecule has 0 radical (unpaired) electrons. The lowest BCUT2D eigenvalue weighted by Crippen LogP contribution is -2.66. The summed E-state index contributed by atoms with van der Waals surface area (Å²) in [5, 5.41) is 14.1. The molecule has 0 aromatic heterocycles. The molecule has 18 nitrogen and oxygen atoms in total. The van der Waals surface area contributed by atoms with Crippen LogP contribution in [-0.2, 0) is 47.4 Å². The van der Waals surface area contributed by atoms with E-state index in [-0.39, 0.29) is 33.4 Å². The number of ether oxygens (including phenoxy) is 9. The Hall–Kier alpha value is -8.55. The number of nitrogens with one attached hydrogen (secondary N) is 1. The molecule has 6 aromatic carbocycles. The van der Waals surface area contributed by atoms with Crippen LogP contribution in [0.15, 0.2) is 182 Å². The fourth-order valence-corrected chi connectivity index (χ4v) is 8.12. The highest BCUT2D eigenvalue weighted by Gasteiger charge is 2.58. The molecule has 2 heterocycles. The summed E-state index contributed by atoms with van der Waals surface area (Å²) in [5.74, 6) is -6.17. The van der Waals surface area contributed by atoms with Crippen LogP contribution in [0.3, 0.4) is 0 Å². The molecular weight excluding hydrogens is 959 g/mol. The molecule has 2 N–H and O–H groups in total. The molecule has 2 aliphatic rings. The van der Waals surface area contributed by atoms with Crippen molar-refractivity contribution in [1.29, 1.82) is 0 Å². The molecule has 2 aliphatic heterocycles. The number of carbonyl (C=O) groups excluding carboxylic acids is 7. The molecule has 0 saturated carbocycles. The van der Waals surface area contributed by atoms with Gasteiger partial charge in [-0.1, -0.05) is 109 Å². The normalized spacial score (nSPS) is 22.4. The van der Waals surface area contributed by atoms with Crippen molar-refractivity contribution in [2.45, 2.75) is 68.3 Å². The molecule has 74 heavy (non-hydrogen) atoms. The Morgan fingerprint density at radius 1 is 0.473 bits per heavy atom. The standard InChI is InChI=1S/C56H49NO17/c1-34(58)57-43-46(70-52(62)38-26-14-5-15-27-38)44(41(69-55(43)65)32-66-49(59)35-20-8-2-9-21-35)73-56-48(72-54(64)40-30-18-7-19-31-40)47(71-53(63)39-28-16-6-17-29-39)45(74-56)42(68-51(61)37-24-12-4-13-25-37)33-67-50(60)36-22-10-3-11-23-36/h2-31,41-48,55-56,65H,32-33H2,1H3,(H,57,58)/t41-,42-,43-,44-,45+,46-,47+,48-,55+,56-/m1/s1. The van der Waals surface area contributed by atoms with Gasteiger partial charge in [-0.3, -0.25) is 4.79 Å². The number of aliphatic hydroxyl groups is 1. The van der Waals surface area contributed by atoms with Gasteiger partial charge < -0.3 is 53.1 Å². The van der Waals surface area contributed by atoms with Crippen LogP contribution in [0.5, 0.6) is 0 Å². The lowest BCUT2D eigenvalue weighted by atomic mass is 9.95. The van der Waals surface area contributed by atoms with Gasteiger partial charge in [-0.25, -0.2) is 28.8 Å². The van der Waals surface area contributed by atoms with E-state index in [0.717, 1.165) is 6.92 Å². The fraction of sp³-hybridized carbons (Fsp3) is 0.232. The third-order valence-corrected chi connectivity index (χ3v) is 11.7. The Bertz CT molecular complexity index is 2860. The highest BCUT2D eigenvalue weighted by Crippen LogP contribution is 2.37. The molecule has 0 bridgehead atoms. The summed E-state index contributed by atoms with van der Waals surface area (Å²) >= 11 is 0. The highest BCUT2D eigenvalue weighted by molar-refractivity contribution is 5.92. The van der Waals surface area contributed by atoms with E-state index in [9.17, 15) is 38.7 Å². The van der Waals surface area contributed by atoms with Gasteiger partial charge in [0.1, 0.15) is 37.6 Å². The van der Waals surface area contributed by atoms with Gasteiger partial charge in [0.25, 0.3) is 0 Å². The summed E-state index contributed by atoms with van der Waals surface area (Å²) in [4.78, 5) is 96.2. The molecule has 0 spiro atoms. The van der Waals surface area contributed by atoms with Gasteiger partial charge >= 0.3 is 35.8 Å². The third-order valence-electron chi connectivity index (χ3n) is 11.7. The van der Waals surface area contributed by atoms with Crippen LogP contribution < -0.4 is 5.32 Å². The van der Waals surface area contributed by atoms with Crippen LogP contribution in [0.4, 0.5) is 0 Å². The molecule has 0 aliphatic carbocycles. The first-order valence-corrected chi connectivity index (χ1v) is 23.3. The van der Waals surface area contributed by atoms with E-state index in [1.54, 1.807) is 109 Å². The summed E-state index contributed by atoms with van der Waals surface area (Å²) in [5.41, 5.74) is 0.472. The molecule has 18 heteroatoms. The number of aliphatic hydroxyl groups excluding tert-OH is 1. The van der Waals surface area contributed by atoms with Crippen molar-refractivity contribution in [2.75, 3.05) is 13.2 Å². The van der Waals surface area contributed by atoms with Crippen molar-refractivity contribution in [1.82, 2.24) is 5.32 Å². The zero-order chi connectivity index (χ0) is 52.0. The van der Waals surface area contributed by atoms with Gasteiger partial charge in [0.05, 0.1) is 33.4 Å². The van der Waals surface area contributed by atoms with E-state index in [4.69, 9.17) is 42.6 Å².